The molecule has 1 amide bonds. The first-order valence-electron chi connectivity index (χ1n) is 9.65. The lowest BCUT2D eigenvalue weighted by molar-refractivity contribution is -0.130. The van der Waals surface area contributed by atoms with Crippen molar-refractivity contribution >= 4 is 26.8 Å². The van der Waals surface area contributed by atoms with Crippen molar-refractivity contribution in [1.82, 2.24) is 15.2 Å². The normalized spacial score (nSPS) is 12.0. The molecule has 0 bridgehead atoms. The van der Waals surface area contributed by atoms with E-state index in [2.05, 4.69) is 9.71 Å². The Labute approximate surface area is 181 Å². The summed E-state index contributed by atoms with van der Waals surface area (Å²) in [7, 11) is -3.87. The molecule has 0 spiro atoms. The van der Waals surface area contributed by atoms with Gasteiger partial charge in [-0.25, -0.2) is 18.6 Å². The molecule has 8 nitrogen and oxygen atoms in total. The van der Waals surface area contributed by atoms with Gasteiger partial charge in [0.15, 0.2) is 0 Å². The van der Waals surface area contributed by atoms with Gasteiger partial charge < -0.3 is 4.74 Å². The Kier molecular flexibility index (Phi) is 6.59. The second-order valence-corrected chi connectivity index (χ2v) is 9.58. The topological polar surface area (TPSA) is 118 Å². The summed E-state index contributed by atoms with van der Waals surface area (Å²) in [6, 6.07) is 15.8. The van der Waals surface area contributed by atoms with E-state index >= 15 is 0 Å². The third kappa shape index (κ3) is 5.78. The molecule has 0 saturated heterocycles. The van der Waals surface area contributed by atoms with Crippen LogP contribution in [-0.4, -0.2) is 30.1 Å². The minimum atomic E-state index is -3.87. The average Bonchev–Trinajstić information content (AvgIpc) is 2.71. The summed E-state index contributed by atoms with van der Waals surface area (Å²) in [5.74, 6) is -0.160. The second kappa shape index (κ2) is 9.01. The summed E-state index contributed by atoms with van der Waals surface area (Å²) in [6.45, 7) is 5.35. The number of rotatable bonds is 8. The molecule has 0 aliphatic rings. The highest BCUT2D eigenvalue weighted by Gasteiger charge is 2.28. The van der Waals surface area contributed by atoms with E-state index in [0.717, 1.165) is 22.2 Å². The second-order valence-electron chi connectivity index (χ2n) is 7.90. The Morgan fingerprint density at radius 3 is 2.48 bits per heavy atom. The number of carbonyl (C=O) groups is 1. The first-order chi connectivity index (χ1) is 14.6. The van der Waals surface area contributed by atoms with Crippen molar-refractivity contribution in [1.29, 1.82) is 0 Å². The summed E-state index contributed by atoms with van der Waals surface area (Å²) in [6.07, 6.45) is -0.219. The molecule has 1 heterocycles. The van der Waals surface area contributed by atoms with Crippen molar-refractivity contribution in [3.05, 3.63) is 65.9 Å². The standard InChI is InChI=1S/C22H25N3O5S/c1-15-12-16(19-6-4-5-7-20(19)23-15)14-30-17-8-10-18(11-9-17)31(28,29)25-22(2,3)13-21(26)24-27/h4-12,25,27H,13-14H2,1-3H3,(H,24,26). The molecule has 0 aliphatic carbocycles. The number of hydroxylamine groups is 1. The zero-order valence-corrected chi connectivity index (χ0v) is 18.4. The highest BCUT2D eigenvalue weighted by molar-refractivity contribution is 7.89. The minimum absolute atomic E-state index is 0.0440. The summed E-state index contributed by atoms with van der Waals surface area (Å²) in [5, 5.41) is 9.66. The quantitative estimate of drug-likeness (QED) is 0.364. The van der Waals surface area contributed by atoms with E-state index in [1.54, 1.807) is 26.0 Å². The van der Waals surface area contributed by atoms with Crippen LogP contribution in [-0.2, 0) is 21.4 Å². The Morgan fingerprint density at radius 2 is 1.81 bits per heavy atom. The number of amides is 1. The number of benzene rings is 2. The maximum atomic E-state index is 12.6. The molecule has 1 aromatic heterocycles. The largest absolute Gasteiger partial charge is 0.489 e. The van der Waals surface area contributed by atoms with Crippen LogP contribution in [0.4, 0.5) is 0 Å². The van der Waals surface area contributed by atoms with Crippen molar-refractivity contribution < 1.29 is 23.2 Å². The van der Waals surface area contributed by atoms with Crippen molar-refractivity contribution in [3.63, 3.8) is 0 Å². The van der Waals surface area contributed by atoms with Crippen LogP contribution in [0.15, 0.2) is 59.5 Å². The van der Waals surface area contributed by atoms with Gasteiger partial charge in [0.25, 0.3) is 0 Å². The maximum Gasteiger partial charge on any atom is 0.245 e. The van der Waals surface area contributed by atoms with Crippen molar-refractivity contribution in [2.45, 2.75) is 44.2 Å². The number of aromatic nitrogens is 1. The summed E-state index contributed by atoms with van der Waals surface area (Å²) in [5.41, 5.74) is 3.20. The van der Waals surface area contributed by atoms with Gasteiger partial charge in [0.1, 0.15) is 12.4 Å². The lowest BCUT2D eigenvalue weighted by Crippen LogP contribution is -2.46. The maximum absolute atomic E-state index is 12.6. The van der Waals surface area contributed by atoms with Gasteiger partial charge in [0.2, 0.25) is 15.9 Å². The smallest absolute Gasteiger partial charge is 0.245 e. The van der Waals surface area contributed by atoms with Gasteiger partial charge in [0.05, 0.1) is 10.4 Å². The molecular weight excluding hydrogens is 418 g/mol. The molecule has 3 rings (SSSR count). The SMILES string of the molecule is Cc1cc(COc2ccc(S(=O)(=O)NC(C)(C)CC(=O)NO)cc2)c2ccccc2n1. The Hall–Kier alpha value is -3.01. The number of para-hydroxylation sites is 1. The molecule has 0 unspecified atom stereocenters. The molecule has 0 saturated carbocycles. The van der Waals surface area contributed by atoms with Gasteiger partial charge in [-0.05, 0) is 57.2 Å². The zero-order valence-electron chi connectivity index (χ0n) is 17.5. The van der Waals surface area contributed by atoms with Crippen molar-refractivity contribution in [2.75, 3.05) is 0 Å². The lowest BCUT2D eigenvalue weighted by Gasteiger charge is -2.24. The fourth-order valence-corrected chi connectivity index (χ4v) is 4.70. The van der Waals surface area contributed by atoms with Crippen molar-refractivity contribution in [3.8, 4) is 5.75 Å². The Balaban J connectivity index is 1.71. The van der Waals surface area contributed by atoms with Gasteiger partial charge in [-0.15, -0.1) is 0 Å². The molecule has 0 radical (unpaired) electrons. The number of hydrogen-bond acceptors (Lipinski definition) is 6. The molecule has 164 valence electrons. The Morgan fingerprint density at radius 1 is 1.13 bits per heavy atom. The summed E-state index contributed by atoms with van der Waals surface area (Å²) in [4.78, 5) is 15.9. The third-order valence-electron chi connectivity index (χ3n) is 4.60. The fraction of sp³-hybridized carbons (Fsp3) is 0.273. The van der Waals surface area contributed by atoms with Crippen LogP contribution in [0.1, 0.15) is 31.5 Å². The van der Waals surface area contributed by atoms with Crippen LogP contribution in [0.25, 0.3) is 10.9 Å². The van der Waals surface area contributed by atoms with Gasteiger partial charge in [-0.1, -0.05) is 18.2 Å². The van der Waals surface area contributed by atoms with Crippen LogP contribution in [0, 0.1) is 6.92 Å². The first kappa shape index (κ1) is 22.7. The molecule has 3 aromatic rings. The number of pyridine rings is 1. The van der Waals surface area contributed by atoms with E-state index in [1.165, 1.54) is 17.6 Å². The molecule has 0 fully saturated rings. The number of carbonyl (C=O) groups excluding carboxylic acids is 1. The monoisotopic (exact) mass is 443 g/mol. The lowest BCUT2D eigenvalue weighted by atomic mass is 10.0. The molecule has 2 aromatic carbocycles. The van der Waals surface area contributed by atoms with Gasteiger partial charge in [0, 0.05) is 28.6 Å². The average molecular weight is 444 g/mol. The highest BCUT2D eigenvalue weighted by Crippen LogP contribution is 2.22. The molecular formula is C22H25N3O5S. The summed E-state index contributed by atoms with van der Waals surface area (Å²) >= 11 is 0. The number of aryl methyl sites for hydroxylation is 1. The molecule has 0 aliphatic heterocycles. The van der Waals surface area contributed by atoms with E-state index in [0.29, 0.717) is 12.4 Å². The van der Waals surface area contributed by atoms with Gasteiger partial charge in [-0.3, -0.25) is 15.0 Å². The van der Waals surface area contributed by atoms with Crippen LogP contribution in [0.2, 0.25) is 0 Å². The van der Waals surface area contributed by atoms with E-state index in [9.17, 15) is 13.2 Å². The van der Waals surface area contributed by atoms with Gasteiger partial charge in [-0.2, -0.15) is 0 Å². The molecule has 0 atom stereocenters. The first-order valence-corrected chi connectivity index (χ1v) is 11.1. The van der Waals surface area contributed by atoms with E-state index in [-0.39, 0.29) is 11.3 Å². The van der Waals surface area contributed by atoms with E-state index in [1.807, 2.05) is 37.3 Å². The van der Waals surface area contributed by atoms with Crippen LogP contribution in [0.3, 0.4) is 0 Å². The van der Waals surface area contributed by atoms with Gasteiger partial charge >= 0.3 is 0 Å². The van der Waals surface area contributed by atoms with Crippen LogP contribution < -0.4 is 14.9 Å². The number of nitrogens with zero attached hydrogens (tertiary/aromatic N) is 1. The van der Waals surface area contributed by atoms with Crippen molar-refractivity contribution in [2.24, 2.45) is 0 Å². The van der Waals surface area contributed by atoms with Crippen LogP contribution >= 0.6 is 0 Å². The third-order valence-corrected chi connectivity index (χ3v) is 6.31. The fourth-order valence-electron chi connectivity index (χ4n) is 3.29. The van der Waals surface area contributed by atoms with Crippen LogP contribution in [0.5, 0.6) is 5.75 Å². The molecule has 3 N–H and O–H groups in total. The summed E-state index contributed by atoms with van der Waals surface area (Å²) < 4.78 is 33.6. The number of fused-ring (bicyclic) bond motifs is 1. The number of hydrogen-bond donors (Lipinski definition) is 3. The predicted molar refractivity (Wildman–Crippen MR) is 116 cm³/mol. The molecule has 31 heavy (non-hydrogen) atoms. The number of ether oxygens (including phenoxy) is 1. The zero-order chi connectivity index (χ0) is 22.6. The Bertz CT molecular complexity index is 1190. The number of nitrogens with one attached hydrogen (secondary N) is 2. The molecule has 9 heteroatoms. The number of sulfonamides is 1. The van der Waals surface area contributed by atoms with E-state index < -0.39 is 21.5 Å². The predicted octanol–water partition coefficient (Wildman–Crippen LogP) is 3.07. The van der Waals surface area contributed by atoms with E-state index in [4.69, 9.17) is 9.94 Å². The highest BCUT2D eigenvalue weighted by atomic mass is 32.2. The minimum Gasteiger partial charge on any atom is -0.489 e.